The molecule has 6 heteroatoms. The summed E-state index contributed by atoms with van der Waals surface area (Å²) in [5.74, 6) is -0.807. The first-order valence-corrected chi connectivity index (χ1v) is 3.36. The van der Waals surface area contributed by atoms with E-state index in [0.29, 0.717) is 0 Å². The van der Waals surface area contributed by atoms with Crippen LogP contribution in [0.4, 0.5) is 0 Å². The van der Waals surface area contributed by atoms with E-state index in [4.69, 9.17) is 11.6 Å². The number of nitrogens with one attached hydrogen (secondary N) is 1. The smallest absolute Gasteiger partial charge is 0.362 e. The van der Waals surface area contributed by atoms with Crippen LogP contribution in [-0.4, -0.2) is 23.0 Å². The van der Waals surface area contributed by atoms with E-state index < -0.39 is 11.5 Å². The van der Waals surface area contributed by atoms with Crippen molar-refractivity contribution in [1.82, 2.24) is 9.97 Å². The number of H-pyrrole nitrogens is 1. The highest BCUT2D eigenvalue weighted by Gasteiger charge is 2.12. The lowest BCUT2D eigenvalue weighted by atomic mass is 10.4. The number of rotatable bonds is 1. The van der Waals surface area contributed by atoms with Gasteiger partial charge in [-0.25, -0.2) is 9.78 Å². The first-order chi connectivity index (χ1) is 5.65. The highest BCUT2D eigenvalue weighted by atomic mass is 35.5. The van der Waals surface area contributed by atoms with Gasteiger partial charge in [0.2, 0.25) is 5.69 Å². The number of halogens is 1. The van der Waals surface area contributed by atoms with E-state index in [1.807, 2.05) is 0 Å². The number of aromatic amines is 1. The fourth-order valence-corrected chi connectivity index (χ4v) is 0.757. The topological polar surface area (TPSA) is 72.0 Å². The Morgan fingerprint density at radius 3 is 3.00 bits per heavy atom. The highest BCUT2D eigenvalue weighted by Crippen LogP contribution is 1.99. The van der Waals surface area contributed by atoms with Crippen LogP contribution in [0.25, 0.3) is 0 Å². The van der Waals surface area contributed by atoms with E-state index in [9.17, 15) is 9.59 Å². The zero-order valence-electron chi connectivity index (χ0n) is 6.13. The van der Waals surface area contributed by atoms with Crippen LogP contribution in [-0.2, 0) is 4.74 Å². The molecule has 1 heterocycles. The zero-order valence-corrected chi connectivity index (χ0v) is 6.88. The second kappa shape index (κ2) is 3.36. The van der Waals surface area contributed by atoms with E-state index in [0.717, 1.165) is 7.11 Å². The van der Waals surface area contributed by atoms with E-state index in [-0.39, 0.29) is 10.8 Å². The second-order valence-corrected chi connectivity index (χ2v) is 2.28. The van der Waals surface area contributed by atoms with Crippen LogP contribution in [0.5, 0.6) is 0 Å². The van der Waals surface area contributed by atoms with Crippen LogP contribution in [0.1, 0.15) is 10.5 Å². The van der Waals surface area contributed by atoms with Gasteiger partial charge in [-0.1, -0.05) is 11.6 Å². The number of hydrogen-bond acceptors (Lipinski definition) is 4. The Morgan fingerprint density at radius 2 is 2.42 bits per heavy atom. The first kappa shape index (κ1) is 8.73. The predicted octanol–water partition coefficient (Wildman–Crippen LogP) is 0.210. The Kier molecular flexibility index (Phi) is 2.44. The van der Waals surface area contributed by atoms with Crippen LogP contribution in [0.2, 0.25) is 5.15 Å². The van der Waals surface area contributed by atoms with Crippen LogP contribution in [0.3, 0.4) is 0 Å². The molecule has 0 aliphatic carbocycles. The number of ether oxygens (including phenoxy) is 1. The summed E-state index contributed by atoms with van der Waals surface area (Å²) < 4.78 is 4.29. The Balaban J connectivity index is 3.23. The lowest BCUT2D eigenvalue weighted by Crippen LogP contribution is -2.20. The van der Waals surface area contributed by atoms with Gasteiger partial charge in [-0.2, -0.15) is 0 Å². The maximum absolute atomic E-state index is 10.9. The molecule has 0 bridgehead atoms. The quantitative estimate of drug-likeness (QED) is 0.640. The highest BCUT2D eigenvalue weighted by molar-refractivity contribution is 6.29. The SMILES string of the molecule is COC(=O)c1nc(Cl)c[nH]c1=O. The molecular formula is C6H5ClN2O3. The van der Waals surface area contributed by atoms with Crippen molar-refractivity contribution in [3.63, 3.8) is 0 Å². The summed E-state index contributed by atoms with van der Waals surface area (Å²) in [4.78, 5) is 27.4. The third-order valence-electron chi connectivity index (χ3n) is 1.13. The summed E-state index contributed by atoms with van der Waals surface area (Å²) in [7, 11) is 1.16. The van der Waals surface area contributed by atoms with Crippen molar-refractivity contribution in [1.29, 1.82) is 0 Å². The molecule has 0 aliphatic rings. The van der Waals surface area contributed by atoms with Gasteiger partial charge < -0.3 is 9.72 Å². The van der Waals surface area contributed by atoms with E-state index in [1.54, 1.807) is 0 Å². The Morgan fingerprint density at radius 1 is 1.75 bits per heavy atom. The zero-order chi connectivity index (χ0) is 9.14. The minimum atomic E-state index is -0.807. The summed E-state index contributed by atoms with van der Waals surface area (Å²) in [6, 6.07) is 0. The first-order valence-electron chi connectivity index (χ1n) is 2.98. The van der Waals surface area contributed by atoms with Gasteiger partial charge in [0.05, 0.1) is 7.11 Å². The number of nitrogens with zero attached hydrogens (tertiary/aromatic N) is 1. The Hall–Kier alpha value is -1.36. The minimum absolute atomic E-state index is 0.0370. The summed E-state index contributed by atoms with van der Waals surface area (Å²) in [6.45, 7) is 0. The largest absolute Gasteiger partial charge is 0.464 e. The van der Waals surface area contributed by atoms with Crippen LogP contribution < -0.4 is 5.56 Å². The molecule has 0 unspecified atom stereocenters. The standard InChI is InChI=1S/C6H5ClN2O3/c1-12-6(11)4-5(10)8-2-3(7)9-4/h2H,1H3,(H,8,10). The van der Waals surface area contributed by atoms with Gasteiger partial charge >= 0.3 is 5.97 Å². The normalized spacial score (nSPS) is 9.50. The molecule has 0 saturated carbocycles. The number of aromatic nitrogens is 2. The molecule has 1 rings (SSSR count). The van der Waals surface area contributed by atoms with Crippen LogP contribution in [0, 0.1) is 0 Å². The van der Waals surface area contributed by atoms with E-state index >= 15 is 0 Å². The molecule has 12 heavy (non-hydrogen) atoms. The summed E-state index contributed by atoms with van der Waals surface area (Å²) >= 11 is 5.43. The van der Waals surface area contributed by atoms with Crippen molar-refractivity contribution < 1.29 is 9.53 Å². The molecule has 0 aliphatic heterocycles. The second-order valence-electron chi connectivity index (χ2n) is 1.89. The van der Waals surface area contributed by atoms with Gasteiger partial charge in [0.1, 0.15) is 5.15 Å². The molecule has 0 fully saturated rings. The average molecular weight is 189 g/mol. The van der Waals surface area contributed by atoms with Gasteiger partial charge in [-0.3, -0.25) is 4.79 Å². The maximum Gasteiger partial charge on any atom is 0.362 e. The van der Waals surface area contributed by atoms with Crippen molar-refractivity contribution in [2.45, 2.75) is 0 Å². The number of carbonyl (C=O) groups excluding carboxylic acids is 1. The monoisotopic (exact) mass is 188 g/mol. The maximum atomic E-state index is 10.9. The van der Waals surface area contributed by atoms with Crippen molar-refractivity contribution in [3.05, 3.63) is 27.4 Å². The van der Waals surface area contributed by atoms with Crippen molar-refractivity contribution in [3.8, 4) is 0 Å². The average Bonchev–Trinajstić information content (AvgIpc) is 2.08. The third-order valence-corrected chi connectivity index (χ3v) is 1.33. The van der Waals surface area contributed by atoms with Gasteiger partial charge in [0.25, 0.3) is 5.56 Å². The van der Waals surface area contributed by atoms with E-state index in [2.05, 4.69) is 14.7 Å². The predicted molar refractivity (Wildman–Crippen MR) is 41.2 cm³/mol. The number of esters is 1. The molecule has 64 valence electrons. The third kappa shape index (κ3) is 1.62. The molecule has 0 spiro atoms. The van der Waals surface area contributed by atoms with Gasteiger partial charge in [-0.05, 0) is 0 Å². The van der Waals surface area contributed by atoms with Crippen molar-refractivity contribution in [2.75, 3.05) is 7.11 Å². The molecule has 0 atom stereocenters. The molecule has 0 amide bonds. The van der Waals surface area contributed by atoms with Crippen molar-refractivity contribution in [2.24, 2.45) is 0 Å². The Labute approximate surface area is 72.3 Å². The summed E-state index contributed by atoms with van der Waals surface area (Å²) in [6.07, 6.45) is 1.19. The van der Waals surface area contributed by atoms with Crippen LogP contribution >= 0.6 is 11.6 Å². The number of hydrogen-bond donors (Lipinski definition) is 1. The summed E-state index contributed by atoms with van der Waals surface area (Å²) in [5, 5.41) is 0.0370. The van der Waals surface area contributed by atoms with E-state index in [1.165, 1.54) is 6.20 Å². The fraction of sp³-hybridized carbons (Fsp3) is 0.167. The molecule has 5 nitrogen and oxygen atoms in total. The van der Waals surface area contributed by atoms with Gasteiger partial charge in [0, 0.05) is 6.20 Å². The van der Waals surface area contributed by atoms with Crippen LogP contribution in [0.15, 0.2) is 11.0 Å². The lowest BCUT2D eigenvalue weighted by Gasteiger charge is -1.95. The molecule has 1 aromatic rings. The molecule has 0 saturated heterocycles. The Bertz CT molecular complexity index is 360. The molecule has 1 N–H and O–H groups in total. The fourth-order valence-electron chi connectivity index (χ4n) is 0.618. The lowest BCUT2D eigenvalue weighted by molar-refractivity contribution is 0.0591. The molecule has 1 aromatic heterocycles. The number of methoxy groups -OCH3 is 1. The minimum Gasteiger partial charge on any atom is -0.464 e. The van der Waals surface area contributed by atoms with Gasteiger partial charge in [-0.15, -0.1) is 0 Å². The molecule has 0 radical (unpaired) electrons. The van der Waals surface area contributed by atoms with Gasteiger partial charge in [0.15, 0.2) is 0 Å². The number of carbonyl (C=O) groups is 1. The van der Waals surface area contributed by atoms with Crippen molar-refractivity contribution >= 4 is 17.6 Å². The molecular weight excluding hydrogens is 184 g/mol. The molecule has 0 aromatic carbocycles. The summed E-state index contributed by atoms with van der Waals surface area (Å²) in [5.41, 5.74) is -0.962.